The highest BCUT2D eigenvalue weighted by atomic mass is 32.2. The number of fused-ring (bicyclic) bond motifs is 3. The summed E-state index contributed by atoms with van der Waals surface area (Å²) in [5.74, 6) is 1.14. The van der Waals surface area contributed by atoms with Crippen LogP contribution in [0.2, 0.25) is 0 Å². The average Bonchev–Trinajstić information content (AvgIpc) is 3.43. The zero-order chi connectivity index (χ0) is 21.0. The van der Waals surface area contributed by atoms with Crippen LogP contribution in [0.1, 0.15) is 43.5 Å². The van der Waals surface area contributed by atoms with Crippen molar-refractivity contribution in [1.29, 1.82) is 0 Å². The summed E-state index contributed by atoms with van der Waals surface area (Å²) in [6.07, 6.45) is 5.03. The minimum absolute atomic E-state index is 0.0719. The highest BCUT2D eigenvalue weighted by Crippen LogP contribution is 2.41. The third-order valence-corrected chi connectivity index (χ3v) is 7.85. The molecule has 3 atom stereocenters. The van der Waals surface area contributed by atoms with Crippen LogP contribution >= 0.6 is 0 Å². The van der Waals surface area contributed by atoms with E-state index in [4.69, 9.17) is 0 Å². The van der Waals surface area contributed by atoms with E-state index < -0.39 is 10.0 Å². The number of hydrogen-bond donors (Lipinski definition) is 1. The Balaban J connectivity index is 1.69. The molecule has 5 rings (SSSR count). The van der Waals surface area contributed by atoms with Crippen molar-refractivity contribution in [3.05, 3.63) is 54.1 Å². The number of aliphatic hydroxyl groups is 1. The number of nitrogens with zero attached hydrogens (tertiary/aromatic N) is 5. The number of hydrogen-bond acceptors (Lipinski definition) is 6. The molecule has 0 radical (unpaired) electrons. The zero-order valence-electron chi connectivity index (χ0n) is 16.8. The fourth-order valence-electron chi connectivity index (χ4n) is 4.57. The van der Waals surface area contributed by atoms with Crippen LogP contribution < -0.4 is 0 Å². The Bertz CT molecular complexity index is 1340. The highest BCUT2D eigenvalue weighted by molar-refractivity contribution is 7.90. The largest absolute Gasteiger partial charge is 0.393 e. The molecule has 30 heavy (non-hydrogen) atoms. The fourth-order valence-corrected chi connectivity index (χ4v) is 5.87. The molecule has 0 aliphatic heterocycles. The van der Waals surface area contributed by atoms with Crippen LogP contribution in [0, 0.1) is 12.8 Å². The van der Waals surface area contributed by atoms with Gasteiger partial charge in [-0.2, -0.15) is 0 Å². The average molecular weight is 426 g/mol. The van der Waals surface area contributed by atoms with E-state index in [2.05, 4.69) is 22.1 Å². The number of aromatic nitrogens is 5. The Morgan fingerprint density at radius 3 is 2.63 bits per heavy atom. The third kappa shape index (κ3) is 2.84. The van der Waals surface area contributed by atoms with Gasteiger partial charge in [-0.3, -0.25) is 4.40 Å². The molecule has 0 saturated heterocycles. The summed E-state index contributed by atoms with van der Waals surface area (Å²) in [4.78, 5) is 4.59. The molecule has 3 heterocycles. The second kappa shape index (κ2) is 6.88. The summed E-state index contributed by atoms with van der Waals surface area (Å²) in [6, 6.07) is 8.49. The van der Waals surface area contributed by atoms with Crippen LogP contribution in [0.15, 0.2) is 47.6 Å². The summed E-state index contributed by atoms with van der Waals surface area (Å²) in [6.45, 7) is 4.03. The van der Waals surface area contributed by atoms with Crippen LogP contribution in [-0.2, 0) is 10.0 Å². The Kier molecular flexibility index (Phi) is 4.41. The van der Waals surface area contributed by atoms with Gasteiger partial charge in [0.15, 0.2) is 11.3 Å². The van der Waals surface area contributed by atoms with Gasteiger partial charge in [0.05, 0.1) is 22.7 Å². The van der Waals surface area contributed by atoms with Crippen molar-refractivity contribution < 1.29 is 13.5 Å². The van der Waals surface area contributed by atoms with Crippen LogP contribution in [-0.4, -0.2) is 43.2 Å². The van der Waals surface area contributed by atoms with Gasteiger partial charge in [-0.05, 0) is 43.9 Å². The lowest BCUT2D eigenvalue weighted by Crippen LogP contribution is -2.13. The molecule has 4 aromatic rings. The summed E-state index contributed by atoms with van der Waals surface area (Å²) in [5, 5.41) is 18.8. The van der Waals surface area contributed by atoms with Crippen molar-refractivity contribution in [3.63, 3.8) is 0 Å². The first kappa shape index (κ1) is 19.2. The van der Waals surface area contributed by atoms with Crippen LogP contribution in [0.5, 0.6) is 0 Å². The lowest BCUT2D eigenvalue weighted by molar-refractivity contribution is 0.176. The molecule has 156 valence electrons. The molecule has 1 aliphatic rings. The normalized spacial score (nSPS) is 22.3. The second-order valence-corrected chi connectivity index (χ2v) is 9.86. The van der Waals surface area contributed by atoms with Gasteiger partial charge in [0.2, 0.25) is 0 Å². The fraction of sp³-hybridized carbons (Fsp3) is 0.381. The summed E-state index contributed by atoms with van der Waals surface area (Å²) >= 11 is 0. The van der Waals surface area contributed by atoms with E-state index in [0.717, 1.165) is 24.2 Å². The van der Waals surface area contributed by atoms with Crippen molar-refractivity contribution in [3.8, 4) is 0 Å². The highest BCUT2D eigenvalue weighted by Gasteiger charge is 2.36. The van der Waals surface area contributed by atoms with Gasteiger partial charge in [-0.1, -0.05) is 31.0 Å². The predicted molar refractivity (Wildman–Crippen MR) is 112 cm³/mol. The summed E-state index contributed by atoms with van der Waals surface area (Å²) in [7, 11) is -3.79. The lowest BCUT2D eigenvalue weighted by atomic mass is 9.93. The molecule has 1 fully saturated rings. The Labute approximate surface area is 174 Å². The standard InChI is InChI=1S/C21H23N5O3S/c1-3-14-10-15(27)11-17(14)20-24-23-19-12-22-21-18(26(19)20)8-9-25(21)30(28,29)16-6-4-13(2)5-7-16/h4-9,12,14-15,17,27H,3,10-11H2,1-2H3/t14-,15+,17+/m1/s1. The maximum absolute atomic E-state index is 13.2. The van der Waals surface area contributed by atoms with Crippen molar-refractivity contribution >= 4 is 26.8 Å². The smallest absolute Gasteiger partial charge is 0.269 e. The van der Waals surface area contributed by atoms with E-state index in [-0.39, 0.29) is 16.9 Å². The van der Waals surface area contributed by atoms with Crippen molar-refractivity contribution in [1.82, 2.24) is 23.6 Å². The molecule has 1 aromatic carbocycles. The predicted octanol–water partition coefficient (Wildman–Crippen LogP) is 2.89. The topological polar surface area (TPSA) is 102 Å². The van der Waals surface area contributed by atoms with Crippen LogP contribution in [0.3, 0.4) is 0 Å². The molecule has 0 unspecified atom stereocenters. The van der Waals surface area contributed by atoms with Gasteiger partial charge in [0.25, 0.3) is 10.0 Å². The van der Waals surface area contributed by atoms with E-state index in [1.54, 1.807) is 36.5 Å². The second-order valence-electron chi connectivity index (χ2n) is 8.05. The molecule has 1 saturated carbocycles. The molecule has 8 nitrogen and oxygen atoms in total. The molecular weight excluding hydrogens is 402 g/mol. The minimum Gasteiger partial charge on any atom is -0.393 e. The van der Waals surface area contributed by atoms with Gasteiger partial charge < -0.3 is 5.11 Å². The molecule has 1 N–H and O–H groups in total. The van der Waals surface area contributed by atoms with E-state index in [9.17, 15) is 13.5 Å². The SMILES string of the molecule is CC[C@@H]1C[C@H](O)C[C@@H]1c1nnc2cnc3c(ccn3S(=O)(=O)c3ccc(C)cc3)n12. The number of aliphatic hydroxyl groups excluding tert-OH is 1. The van der Waals surface area contributed by atoms with Gasteiger partial charge in [-0.15, -0.1) is 10.2 Å². The molecule has 1 aliphatic carbocycles. The number of rotatable bonds is 4. The first-order chi connectivity index (χ1) is 14.4. The lowest BCUT2D eigenvalue weighted by Gasteiger charge is -2.16. The van der Waals surface area contributed by atoms with Gasteiger partial charge >= 0.3 is 0 Å². The maximum Gasteiger partial charge on any atom is 0.269 e. The Morgan fingerprint density at radius 1 is 1.13 bits per heavy atom. The van der Waals surface area contributed by atoms with Crippen molar-refractivity contribution in [2.24, 2.45) is 5.92 Å². The first-order valence-corrected chi connectivity index (χ1v) is 11.6. The van der Waals surface area contributed by atoms with Crippen LogP contribution in [0.4, 0.5) is 0 Å². The van der Waals surface area contributed by atoms with Gasteiger partial charge in [0, 0.05) is 12.1 Å². The zero-order valence-corrected chi connectivity index (χ0v) is 17.6. The molecule has 9 heteroatoms. The maximum atomic E-state index is 13.2. The first-order valence-electron chi connectivity index (χ1n) is 10.1. The molecule has 0 amide bonds. The van der Waals surface area contributed by atoms with E-state index in [1.165, 1.54) is 10.2 Å². The van der Waals surface area contributed by atoms with Crippen molar-refractivity contribution in [2.45, 2.75) is 50.0 Å². The summed E-state index contributed by atoms with van der Waals surface area (Å²) < 4.78 is 29.5. The molecule has 0 bridgehead atoms. The Morgan fingerprint density at radius 2 is 1.90 bits per heavy atom. The molecule has 3 aromatic heterocycles. The number of benzene rings is 1. The van der Waals surface area contributed by atoms with E-state index >= 15 is 0 Å². The van der Waals surface area contributed by atoms with Crippen molar-refractivity contribution in [2.75, 3.05) is 0 Å². The molecule has 0 spiro atoms. The van der Waals surface area contributed by atoms with E-state index in [1.807, 2.05) is 11.3 Å². The summed E-state index contributed by atoms with van der Waals surface area (Å²) in [5.41, 5.74) is 2.53. The monoisotopic (exact) mass is 425 g/mol. The van der Waals surface area contributed by atoms with Gasteiger partial charge in [0.1, 0.15) is 5.82 Å². The van der Waals surface area contributed by atoms with Gasteiger partial charge in [-0.25, -0.2) is 17.4 Å². The quantitative estimate of drug-likeness (QED) is 0.539. The van der Waals surface area contributed by atoms with E-state index in [0.29, 0.717) is 29.1 Å². The number of aryl methyl sites for hydroxylation is 1. The minimum atomic E-state index is -3.79. The van der Waals surface area contributed by atoms with Crippen LogP contribution in [0.25, 0.3) is 16.8 Å². The third-order valence-electron chi connectivity index (χ3n) is 6.17. The Hall–Kier alpha value is -2.78. The molecular formula is C21H23N5O3S.